The fourth-order valence-electron chi connectivity index (χ4n) is 3.44. The number of aliphatic hydroxyl groups is 1. The second-order valence-electron chi connectivity index (χ2n) is 6.73. The highest BCUT2D eigenvalue weighted by molar-refractivity contribution is 7.20. The van der Waals surface area contributed by atoms with Gasteiger partial charge in [-0.05, 0) is 50.1 Å². The lowest BCUT2D eigenvalue weighted by atomic mass is 9.92. The lowest BCUT2D eigenvalue weighted by Gasteiger charge is -2.28. The topological polar surface area (TPSA) is 67.2 Å². The molecule has 4 rings (SSSR count). The number of aliphatic hydroxyl groups excluding tert-OH is 1. The van der Waals surface area contributed by atoms with Gasteiger partial charge >= 0.3 is 0 Å². The Labute approximate surface area is 154 Å². The summed E-state index contributed by atoms with van der Waals surface area (Å²) >= 11 is 1.35. The Morgan fingerprint density at radius 3 is 2.77 bits per heavy atom. The van der Waals surface area contributed by atoms with Crippen LogP contribution in [0.3, 0.4) is 0 Å². The fraction of sp³-hybridized carbons (Fsp3) is 0.368. The molecule has 1 amide bonds. The Morgan fingerprint density at radius 1 is 1.31 bits per heavy atom. The molecule has 136 valence electrons. The van der Waals surface area contributed by atoms with Gasteiger partial charge in [0.05, 0.1) is 28.4 Å². The molecular weight excluding hydrogens is 353 g/mol. The number of amides is 1. The van der Waals surface area contributed by atoms with Crippen LogP contribution in [0.25, 0.3) is 15.9 Å². The number of nitrogens with one attached hydrogen (secondary N) is 1. The zero-order valence-electron chi connectivity index (χ0n) is 14.4. The van der Waals surface area contributed by atoms with Gasteiger partial charge in [0.15, 0.2) is 0 Å². The molecule has 5 nitrogen and oxygen atoms in total. The Balaban J connectivity index is 1.64. The molecule has 1 aromatic carbocycles. The first-order valence-corrected chi connectivity index (χ1v) is 9.58. The SMILES string of the molecule is Cc1nn(-c2ccc(F)cc2)c2sc(C(=O)N[C@H]3CCCC[C@@H]3O)cc12. The first-order valence-electron chi connectivity index (χ1n) is 8.77. The summed E-state index contributed by atoms with van der Waals surface area (Å²) < 4.78 is 14.9. The number of thiophene rings is 1. The van der Waals surface area contributed by atoms with Gasteiger partial charge in [-0.2, -0.15) is 5.10 Å². The molecule has 0 aliphatic heterocycles. The van der Waals surface area contributed by atoms with Gasteiger partial charge in [-0.1, -0.05) is 12.8 Å². The van der Waals surface area contributed by atoms with Gasteiger partial charge in [0, 0.05) is 5.39 Å². The van der Waals surface area contributed by atoms with E-state index in [0.717, 1.165) is 47.3 Å². The molecule has 1 saturated carbocycles. The zero-order valence-corrected chi connectivity index (χ0v) is 15.2. The number of nitrogens with zero attached hydrogens (tertiary/aromatic N) is 2. The highest BCUT2D eigenvalue weighted by Gasteiger charge is 2.26. The van der Waals surface area contributed by atoms with Crippen LogP contribution in [0.1, 0.15) is 41.0 Å². The largest absolute Gasteiger partial charge is 0.391 e. The van der Waals surface area contributed by atoms with Crippen LogP contribution in [0.2, 0.25) is 0 Å². The zero-order chi connectivity index (χ0) is 18.3. The molecule has 0 bridgehead atoms. The van der Waals surface area contributed by atoms with Gasteiger partial charge in [0.1, 0.15) is 10.6 Å². The number of benzene rings is 1. The standard InChI is InChI=1S/C19H20FN3O2S/c1-11-14-10-17(18(25)21-15-4-2-3-5-16(15)24)26-19(14)23(22-11)13-8-6-12(20)7-9-13/h6-10,15-16,24H,2-5H2,1H3,(H,21,25)/t15-,16-/m0/s1. The number of hydrogen-bond acceptors (Lipinski definition) is 4. The Kier molecular flexibility index (Phi) is 4.50. The summed E-state index contributed by atoms with van der Waals surface area (Å²) in [6, 6.07) is 7.77. The van der Waals surface area contributed by atoms with Gasteiger partial charge in [-0.3, -0.25) is 4.79 Å². The molecule has 2 atom stereocenters. The molecule has 3 aromatic rings. The van der Waals surface area contributed by atoms with Crippen molar-refractivity contribution >= 4 is 27.5 Å². The van der Waals surface area contributed by atoms with Gasteiger partial charge < -0.3 is 10.4 Å². The van der Waals surface area contributed by atoms with Crippen molar-refractivity contribution in [3.8, 4) is 5.69 Å². The number of fused-ring (bicyclic) bond motifs is 1. The predicted octanol–water partition coefficient (Wildman–Crippen LogP) is 3.57. The molecule has 26 heavy (non-hydrogen) atoms. The molecule has 2 heterocycles. The summed E-state index contributed by atoms with van der Waals surface area (Å²) in [6.45, 7) is 1.89. The molecule has 1 aliphatic rings. The Bertz CT molecular complexity index is 948. The van der Waals surface area contributed by atoms with Crippen molar-refractivity contribution in [3.63, 3.8) is 0 Å². The number of carbonyl (C=O) groups excluding carboxylic acids is 1. The predicted molar refractivity (Wildman–Crippen MR) is 99.4 cm³/mol. The highest BCUT2D eigenvalue weighted by Crippen LogP contribution is 2.31. The Hall–Kier alpha value is -2.25. The molecular formula is C19H20FN3O2S. The minimum atomic E-state index is -0.474. The van der Waals surface area contributed by atoms with Crippen LogP contribution in [-0.2, 0) is 0 Å². The summed E-state index contributed by atoms with van der Waals surface area (Å²) in [6.07, 6.45) is 3.09. The number of rotatable bonds is 3. The smallest absolute Gasteiger partial charge is 0.261 e. The highest BCUT2D eigenvalue weighted by atomic mass is 32.1. The maximum atomic E-state index is 13.2. The third-order valence-corrected chi connectivity index (χ3v) is 5.99. The van der Waals surface area contributed by atoms with E-state index in [1.165, 1.54) is 23.5 Å². The first-order chi connectivity index (χ1) is 12.5. The van der Waals surface area contributed by atoms with E-state index < -0.39 is 6.10 Å². The van der Waals surface area contributed by atoms with Gasteiger partial charge in [-0.15, -0.1) is 11.3 Å². The number of halogens is 1. The van der Waals surface area contributed by atoms with E-state index in [9.17, 15) is 14.3 Å². The van der Waals surface area contributed by atoms with E-state index in [1.807, 2.05) is 13.0 Å². The van der Waals surface area contributed by atoms with E-state index in [2.05, 4.69) is 10.4 Å². The van der Waals surface area contributed by atoms with Crippen LogP contribution < -0.4 is 5.32 Å². The number of aromatic nitrogens is 2. The number of carbonyl (C=O) groups is 1. The fourth-order valence-corrected chi connectivity index (χ4v) is 4.52. The second kappa shape index (κ2) is 6.81. The average Bonchev–Trinajstić information content (AvgIpc) is 3.19. The molecule has 0 unspecified atom stereocenters. The first kappa shape index (κ1) is 17.2. The molecule has 0 saturated heterocycles. The van der Waals surface area contributed by atoms with Gasteiger partial charge in [0.25, 0.3) is 5.91 Å². The summed E-state index contributed by atoms with van der Waals surface area (Å²) in [5.74, 6) is -0.464. The van der Waals surface area contributed by atoms with E-state index in [4.69, 9.17) is 0 Å². The normalized spacial score (nSPS) is 20.4. The molecule has 2 aromatic heterocycles. The van der Waals surface area contributed by atoms with E-state index in [-0.39, 0.29) is 17.8 Å². The van der Waals surface area contributed by atoms with Crippen molar-refractivity contribution in [3.05, 3.63) is 46.7 Å². The van der Waals surface area contributed by atoms with Crippen molar-refractivity contribution in [1.29, 1.82) is 0 Å². The van der Waals surface area contributed by atoms with Crippen molar-refractivity contribution in [1.82, 2.24) is 15.1 Å². The van der Waals surface area contributed by atoms with Crippen molar-refractivity contribution in [2.24, 2.45) is 0 Å². The lowest BCUT2D eigenvalue weighted by Crippen LogP contribution is -2.44. The molecule has 7 heteroatoms. The van der Waals surface area contributed by atoms with Gasteiger partial charge in [0.2, 0.25) is 0 Å². The van der Waals surface area contributed by atoms with Crippen LogP contribution in [0.4, 0.5) is 4.39 Å². The van der Waals surface area contributed by atoms with Crippen molar-refractivity contribution < 1.29 is 14.3 Å². The van der Waals surface area contributed by atoms with Crippen molar-refractivity contribution in [2.75, 3.05) is 0 Å². The second-order valence-corrected chi connectivity index (χ2v) is 7.77. The van der Waals surface area contributed by atoms with E-state index in [1.54, 1.807) is 16.8 Å². The maximum absolute atomic E-state index is 13.2. The Morgan fingerprint density at radius 2 is 2.04 bits per heavy atom. The molecule has 1 aliphatic carbocycles. The lowest BCUT2D eigenvalue weighted by molar-refractivity contribution is 0.0720. The minimum Gasteiger partial charge on any atom is -0.391 e. The quantitative estimate of drug-likeness (QED) is 0.738. The molecule has 0 radical (unpaired) electrons. The van der Waals surface area contributed by atoms with Crippen LogP contribution in [0.15, 0.2) is 30.3 Å². The average molecular weight is 373 g/mol. The van der Waals surface area contributed by atoms with Crippen LogP contribution in [0, 0.1) is 12.7 Å². The summed E-state index contributed by atoms with van der Waals surface area (Å²) in [4.78, 5) is 14.1. The van der Waals surface area contributed by atoms with Gasteiger partial charge in [-0.25, -0.2) is 9.07 Å². The molecule has 0 spiro atoms. The van der Waals surface area contributed by atoms with Crippen LogP contribution >= 0.6 is 11.3 Å². The molecule has 2 N–H and O–H groups in total. The van der Waals surface area contributed by atoms with Crippen molar-refractivity contribution in [2.45, 2.75) is 44.8 Å². The third kappa shape index (κ3) is 3.12. The van der Waals surface area contributed by atoms with E-state index >= 15 is 0 Å². The summed E-state index contributed by atoms with van der Waals surface area (Å²) in [5, 5.41) is 18.5. The van der Waals surface area contributed by atoms with Crippen LogP contribution in [-0.4, -0.2) is 32.9 Å². The summed E-state index contributed by atoms with van der Waals surface area (Å²) in [7, 11) is 0. The molecule has 1 fully saturated rings. The maximum Gasteiger partial charge on any atom is 0.261 e. The minimum absolute atomic E-state index is 0.165. The number of hydrogen-bond donors (Lipinski definition) is 2. The monoisotopic (exact) mass is 373 g/mol. The third-order valence-electron chi connectivity index (χ3n) is 4.89. The number of aryl methyl sites for hydroxylation is 1. The summed E-state index contributed by atoms with van der Waals surface area (Å²) in [5.41, 5.74) is 1.57. The van der Waals surface area contributed by atoms with Crippen LogP contribution in [0.5, 0.6) is 0 Å². The van der Waals surface area contributed by atoms with E-state index in [0.29, 0.717) is 4.88 Å².